The molecule has 0 fully saturated rings. The maximum atomic E-state index is 13.8. The Morgan fingerprint density at radius 2 is 1.86 bits per heavy atom. The van der Waals surface area contributed by atoms with Gasteiger partial charge >= 0.3 is 0 Å². The molecule has 2 aliphatic carbocycles. The second kappa shape index (κ2) is 11.1. The first kappa shape index (κ1) is 19.4. The predicted octanol–water partition coefficient (Wildman–Crippen LogP) is 4.74. The van der Waals surface area contributed by atoms with Crippen molar-refractivity contribution < 1.29 is 4.39 Å². The fourth-order valence-electron chi connectivity index (χ4n) is 2.00. The Hall–Kier alpha value is -1.61. The van der Waals surface area contributed by atoms with Crippen molar-refractivity contribution in [2.24, 2.45) is 11.7 Å². The minimum Gasteiger partial charge on any atom is -0.356 e. The number of hydrogen-bond donors (Lipinski definition) is 2. The molecule has 2 nitrogen and oxygen atoms in total. The van der Waals surface area contributed by atoms with Crippen LogP contribution in [0.2, 0.25) is 0 Å². The van der Waals surface area contributed by atoms with E-state index in [0.29, 0.717) is 11.6 Å². The van der Waals surface area contributed by atoms with Crippen LogP contribution in [0, 0.1) is 5.92 Å². The average molecular weight is 292 g/mol. The van der Waals surface area contributed by atoms with E-state index in [4.69, 9.17) is 0 Å². The summed E-state index contributed by atoms with van der Waals surface area (Å²) in [6.45, 7) is 9.96. The second-order valence-corrected chi connectivity index (χ2v) is 4.56. The summed E-state index contributed by atoms with van der Waals surface area (Å²) in [6.07, 6.45) is 12.3. The van der Waals surface area contributed by atoms with Crippen LogP contribution in [0.4, 0.5) is 4.39 Å². The molecule has 0 amide bonds. The lowest BCUT2D eigenvalue weighted by molar-refractivity contribution is 0.642. The fraction of sp³-hybridized carbons (Fsp3) is 0.444. The molecule has 0 aliphatic heterocycles. The normalized spacial score (nSPS) is 19.4. The van der Waals surface area contributed by atoms with Crippen LogP contribution < -0.4 is 11.1 Å². The van der Waals surface area contributed by atoms with E-state index in [-0.39, 0.29) is 5.83 Å². The van der Waals surface area contributed by atoms with Crippen molar-refractivity contribution in [1.29, 1.82) is 0 Å². The summed E-state index contributed by atoms with van der Waals surface area (Å²) in [5, 5.41) is 3.10. The van der Waals surface area contributed by atoms with Crippen LogP contribution in [0.3, 0.4) is 0 Å². The quantitative estimate of drug-likeness (QED) is 0.785. The van der Waals surface area contributed by atoms with Gasteiger partial charge in [-0.15, -0.1) is 0 Å². The molecule has 21 heavy (non-hydrogen) atoms. The molecule has 1 unspecified atom stereocenters. The van der Waals surface area contributed by atoms with E-state index in [1.807, 2.05) is 32.1 Å². The number of halogens is 1. The Morgan fingerprint density at radius 3 is 2.38 bits per heavy atom. The zero-order valence-corrected chi connectivity index (χ0v) is 13.7. The van der Waals surface area contributed by atoms with Gasteiger partial charge in [0.2, 0.25) is 0 Å². The standard InChI is InChI=1S/C15H18FN.C2H6.CH5N/c1-3-4-12-5-7-14(16)15(8-6-12)17-13-9-11(2)10-13;2*1-2/h5-9,12,17H,2-4,10H2,1H3;1-2H3;2H2,1H3. The maximum absolute atomic E-state index is 13.8. The molecular weight excluding hydrogens is 263 g/mol. The van der Waals surface area contributed by atoms with Gasteiger partial charge in [-0.25, -0.2) is 4.39 Å². The third-order valence-corrected chi connectivity index (χ3v) is 2.97. The highest BCUT2D eigenvalue weighted by Crippen LogP contribution is 2.24. The van der Waals surface area contributed by atoms with Gasteiger partial charge in [-0.2, -0.15) is 0 Å². The van der Waals surface area contributed by atoms with Crippen LogP contribution >= 0.6 is 0 Å². The average Bonchev–Trinajstić information content (AvgIpc) is 2.66. The molecule has 0 bridgehead atoms. The van der Waals surface area contributed by atoms with E-state index in [2.05, 4.69) is 30.6 Å². The molecule has 0 aromatic heterocycles. The first-order chi connectivity index (χ1) is 10.2. The molecular formula is C18H29FN2. The van der Waals surface area contributed by atoms with Crippen molar-refractivity contribution >= 4 is 0 Å². The second-order valence-electron chi connectivity index (χ2n) is 4.56. The summed E-state index contributed by atoms with van der Waals surface area (Å²) >= 11 is 0. The highest BCUT2D eigenvalue weighted by molar-refractivity contribution is 5.41. The van der Waals surface area contributed by atoms with Crippen LogP contribution in [-0.4, -0.2) is 7.05 Å². The van der Waals surface area contributed by atoms with Gasteiger partial charge in [-0.1, -0.05) is 45.9 Å². The van der Waals surface area contributed by atoms with E-state index in [1.54, 1.807) is 6.08 Å². The van der Waals surface area contributed by atoms with Crippen molar-refractivity contribution in [3.63, 3.8) is 0 Å². The Kier molecular flexibility index (Phi) is 10.2. The van der Waals surface area contributed by atoms with Gasteiger partial charge in [0.05, 0.1) is 5.70 Å². The zero-order chi connectivity index (χ0) is 16.3. The molecule has 0 aromatic carbocycles. The van der Waals surface area contributed by atoms with Crippen LogP contribution in [0.25, 0.3) is 0 Å². The third-order valence-electron chi connectivity index (χ3n) is 2.97. The molecule has 0 radical (unpaired) electrons. The van der Waals surface area contributed by atoms with Crippen LogP contribution in [0.15, 0.2) is 59.8 Å². The van der Waals surface area contributed by atoms with E-state index in [0.717, 1.165) is 30.5 Å². The van der Waals surface area contributed by atoms with Gasteiger partial charge in [-0.05, 0) is 43.2 Å². The molecule has 0 saturated heterocycles. The molecule has 3 N–H and O–H groups in total. The third kappa shape index (κ3) is 6.58. The number of hydrogen-bond acceptors (Lipinski definition) is 2. The van der Waals surface area contributed by atoms with Crippen molar-refractivity contribution in [2.75, 3.05) is 7.05 Å². The Balaban J connectivity index is 0.000000921. The van der Waals surface area contributed by atoms with Gasteiger partial charge in [-0.3, -0.25) is 0 Å². The van der Waals surface area contributed by atoms with E-state index in [9.17, 15) is 4.39 Å². The zero-order valence-electron chi connectivity index (χ0n) is 13.7. The van der Waals surface area contributed by atoms with E-state index < -0.39 is 0 Å². The summed E-state index contributed by atoms with van der Waals surface area (Å²) in [4.78, 5) is 0. The molecule has 2 aliphatic rings. The molecule has 2 rings (SSSR count). The number of allylic oxidation sites excluding steroid dienone is 7. The molecule has 0 heterocycles. The maximum Gasteiger partial charge on any atom is 0.146 e. The number of rotatable bonds is 4. The van der Waals surface area contributed by atoms with Crippen molar-refractivity contribution in [2.45, 2.75) is 40.0 Å². The molecule has 3 heteroatoms. The topological polar surface area (TPSA) is 38.0 Å². The van der Waals surface area contributed by atoms with Gasteiger partial charge in [0, 0.05) is 12.1 Å². The largest absolute Gasteiger partial charge is 0.356 e. The number of nitrogens with two attached hydrogens (primary N) is 1. The molecule has 118 valence electrons. The Bertz CT molecular complexity index is 442. The lowest BCUT2D eigenvalue weighted by Gasteiger charge is -2.19. The highest BCUT2D eigenvalue weighted by Gasteiger charge is 2.13. The lowest BCUT2D eigenvalue weighted by Crippen LogP contribution is -2.17. The SMILES string of the molecule is C=C1C=C(NC2=C(F)C=CC(CCC)C=C2)C1.CC.CN. The van der Waals surface area contributed by atoms with Crippen molar-refractivity contribution in [3.8, 4) is 0 Å². The Morgan fingerprint density at radius 1 is 1.29 bits per heavy atom. The summed E-state index contributed by atoms with van der Waals surface area (Å²) in [7, 11) is 1.50. The van der Waals surface area contributed by atoms with Gasteiger partial charge < -0.3 is 11.1 Å². The Labute approximate surface area is 129 Å². The highest BCUT2D eigenvalue weighted by atomic mass is 19.1. The van der Waals surface area contributed by atoms with Crippen LogP contribution in [0.1, 0.15) is 40.0 Å². The van der Waals surface area contributed by atoms with Crippen molar-refractivity contribution in [3.05, 3.63) is 59.8 Å². The molecule has 0 aromatic rings. The van der Waals surface area contributed by atoms with Crippen LogP contribution in [0.5, 0.6) is 0 Å². The molecule has 1 atom stereocenters. The predicted molar refractivity (Wildman–Crippen MR) is 91.2 cm³/mol. The van der Waals surface area contributed by atoms with Gasteiger partial charge in [0.15, 0.2) is 0 Å². The monoisotopic (exact) mass is 292 g/mol. The van der Waals surface area contributed by atoms with E-state index in [1.165, 1.54) is 7.05 Å². The summed E-state index contributed by atoms with van der Waals surface area (Å²) in [5.41, 5.74) is 7.18. The summed E-state index contributed by atoms with van der Waals surface area (Å²) in [5.74, 6) is 0.147. The summed E-state index contributed by atoms with van der Waals surface area (Å²) in [6, 6.07) is 0. The number of nitrogens with one attached hydrogen (secondary N) is 1. The first-order valence-corrected chi connectivity index (χ1v) is 7.68. The minimum atomic E-state index is -0.196. The first-order valence-electron chi connectivity index (χ1n) is 7.68. The van der Waals surface area contributed by atoms with Gasteiger partial charge in [0.1, 0.15) is 5.83 Å². The van der Waals surface area contributed by atoms with Gasteiger partial charge in [0.25, 0.3) is 0 Å². The van der Waals surface area contributed by atoms with Crippen molar-refractivity contribution in [1.82, 2.24) is 5.32 Å². The molecule has 0 saturated carbocycles. The van der Waals surface area contributed by atoms with Crippen LogP contribution in [-0.2, 0) is 0 Å². The van der Waals surface area contributed by atoms with E-state index >= 15 is 0 Å². The lowest BCUT2D eigenvalue weighted by atomic mass is 10.00. The smallest absolute Gasteiger partial charge is 0.146 e. The summed E-state index contributed by atoms with van der Waals surface area (Å²) < 4.78 is 13.8. The fourth-order valence-corrected chi connectivity index (χ4v) is 2.00. The minimum absolute atomic E-state index is 0.196. The molecule has 0 spiro atoms.